The molecule has 1 aliphatic heterocycles. The molecule has 0 amide bonds. The van der Waals surface area contributed by atoms with Crippen LogP contribution < -0.4 is 14.8 Å². The summed E-state index contributed by atoms with van der Waals surface area (Å²) >= 11 is 0. The minimum absolute atomic E-state index is 0.481. The third-order valence-electron chi connectivity index (χ3n) is 3.64. The van der Waals surface area contributed by atoms with Crippen molar-refractivity contribution in [2.75, 3.05) is 20.8 Å². The molecule has 1 saturated heterocycles. The van der Waals surface area contributed by atoms with Crippen LogP contribution in [0, 0.1) is 0 Å². The first-order valence-electron chi connectivity index (χ1n) is 6.72. The summed E-state index contributed by atoms with van der Waals surface area (Å²) in [6.07, 6.45) is 5.40. The summed E-state index contributed by atoms with van der Waals surface area (Å²) in [5.41, 5.74) is 1.61. The number of carbonyl (C=O) groups excluding carboxylic acids is 1. The summed E-state index contributed by atoms with van der Waals surface area (Å²) in [5, 5.41) is 3.52. The number of hydrogen-bond acceptors (Lipinski definition) is 4. The second-order valence-corrected chi connectivity index (χ2v) is 4.85. The molecular formula is C15H21NO3. The molecular weight excluding hydrogens is 242 g/mol. The Morgan fingerprint density at radius 3 is 2.63 bits per heavy atom. The van der Waals surface area contributed by atoms with Gasteiger partial charge in [0.25, 0.3) is 0 Å². The number of ether oxygens (including phenoxy) is 2. The Bertz CT molecular complexity index is 439. The molecule has 1 unspecified atom stereocenters. The maximum absolute atomic E-state index is 11.0. The molecule has 0 saturated carbocycles. The predicted molar refractivity (Wildman–Crippen MR) is 74.3 cm³/mol. The molecule has 0 aliphatic carbocycles. The molecule has 4 heteroatoms. The topological polar surface area (TPSA) is 47.6 Å². The summed E-state index contributed by atoms with van der Waals surface area (Å²) in [4.78, 5) is 11.0. The van der Waals surface area contributed by atoms with Crippen LogP contribution in [0.5, 0.6) is 11.5 Å². The highest BCUT2D eigenvalue weighted by Crippen LogP contribution is 2.35. The average molecular weight is 263 g/mol. The van der Waals surface area contributed by atoms with Gasteiger partial charge in [-0.3, -0.25) is 4.79 Å². The van der Waals surface area contributed by atoms with E-state index in [4.69, 9.17) is 9.47 Å². The van der Waals surface area contributed by atoms with E-state index in [1.54, 1.807) is 20.3 Å². The molecule has 1 atom stereocenters. The van der Waals surface area contributed by atoms with Crippen molar-refractivity contribution in [3.05, 3.63) is 23.3 Å². The molecule has 1 N–H and O–H groups in total. The fraction of sp³-hybridized carbons (Fsp3) is 0.533. The molecule has 1 aromatic carbocycles. The normalized spacial score (nSPS) is 18.9. The Morgan fingerprint density at radius 1 is 1.26 bits per heavy atom. The fourth-order valence-electron chi connectivity index (χ4n) is 2.67. The number of piperidine rings is 1. The molecule has 1 aliphatic rings. The zero-order chi connectivity index (χ0) is 13.7. The van der Waals surface area contributed by atoms with E-state index >= 15 is 0 Å². The van der Waals surface area contributed by atoms with Gasteiger partial charge in [-0.1, -0.05) is 12.5 Å². The van der Waals surface area contributed by atoms with Crippen molar-refractivity contribution >= 4 is 6.29 Å². The Labute approximate surface area is 114 Å². The Balaban J connectivity index is 2.26. The maximum Gasteiger partial charge on any atom is 0.171 e. The number of aldehydes is 1. The van der Waals surface area contributed by atoms with Gasteiger partial charge in [0.1, 0.15) is 0 Å². The van der Waals surface area contributed by atoms with Gasteiger partial charge in [0.2, 0.25) is 0 Å². The first-order chi connectivity index (χ1) is 9.30. The zero-order valence-electron chi connectivity index (χ0n) is 11.6. The standard InChI is InChI=1S/C15H21NO3/c1-18-14-11(9-13-5-3-4-8-16-13)6-7-12(10-17)15(14)19-2/h6-7,10,13,16H,3-5,8-9H2,1-2H3. The van der Waals surface area contributed by atoms with Crippen LogP contribution in [-0.4, -0.2) is 33.1 Å². The molecule has 0 spiro atoms. The Hall–Kier alpha value is -1.55. The van der Waals surface area contributed by atoms with Crippen LogP contribution in [-0.2, 0) is 6.42 Å². The molecule has 19 heavy (non-hydrogen) atoms. The van der Waals surface area contributed by atoms with Gasteiger partial charge in [-0.2, -0.15) is 0 Å². The van der Waals surface area contributed by atoms with E-state index in [0.717, 1.165) is 24.8 Å². The lowest BCUT2D eigenvalue weighted by molar-refractivity contribution is 0.112. The second-order valence-electron chi connectivity index (χ2n) is 4.85. The van der Waals surface area contributed by atoms with Gasteiger partial charge in [-0.15, -0.1) is 0 Å². The van der Waals surface area contributed by atoms with E-state index in [2.05, 4.69) is 5.32 Å². The molecule has 1 aromatic rings. The van der Waals surface area contributed by atoms with E-state index in [9.17, 15) is 4.79 Å². The molecule has 1 heterocycles. The Morgan fingerprint density at radius 2 is 2.05 bits per heavy atom. The fourth-order valence-corrected chi connectivity index (χ4v) is 2.67. The van der Waals surface area contributed by atoms with E-state index in [-0.39, 0.29) is 0 Å². The lowest BCUT2D eigenvalue weighted by Gasteiger charge is -2.24. The maximum atomic E-state index is 11.0. The van der Waals surface area contributed by atoms with Gasteiger partial charge in [0.05, 0.1) is 19.8 Å². The summed E-state index contributed by atoms with van der Waals surface area (Å²) in [6.45, 7) is 1.08. The van der Waals surface area contributed by atoms with E-state index in [1.165, 1.54) is 19.3 Å². The Kier molecular flexibility index (Phi) is 4.80. The third kappa shape index (κ3) is 3.07. The highest BCUT2D eigenvalue weighted by atomic mass is 16.5. The molecule has 0 bridgehead atoms. The predicted octanol–water partition coefficient (Wildman–Crippen LogP) is 2.20. The van der Waals surface area contributed by atoms with E-state index in [0.29, 0.717) is 23.1 Å². The highest BCUT2D eigenvalue weighted by molar-refractivity contribution is 5.81. The van der Waals surface area contributed by atoms with Crippen LogP contribution in [0.1, 0.15) is 35.2 Å². The lowest BCUT2D eigenvalue weighted by Crippen LogP contribution is -2.35. The number of methoxy groups -OCH3 is 2. The third-order valence-corrected chi connectivity index (χ3v) is 3.64. The van der Waals surface area contributed by atoms with Gasteiger partial charge >= 0.3 is 0 Å². The molecule has 0 aromatic heterocycles. The number of nitrogens with one attached hydrogen (secondary N) is 1. The van der Waals surface area contributed by atoms with Crippen molar-refractivity contribution in [1.29, 1.82) is 0 Å². The molecule has 2 rings (SSSR count). The van der Waals surface area contributed by atoms with Crippen LogP contribution in [0.2, 0.25) is 0 Å². The largest absolute Gasteiger partial charge is 0.493 e. The SMILES string of the molecule is COc1c(C=O)ccc(CC2CCCCN2)c1OC. The minimum Gasteiger partial charge on any atom is -0.493 e. The van der Waals surface area contributed by atoms with Crippen LogP contribution in [0.4, 0.5) is 0 Å². The molecule has 1 fully saturated rings. The van der Waals surface area contributed by atoms with Crippen LogP contribution in [0.15, 0.2) is 12.1 Å². The first kappa shape index (κ1) is 13.9. The number of carbonyl (C=O) groups is 1. The van der Waals surface area contributed by atoms with Gasteiger partial charge < -0.3 is 14.8 Å². The minimum atomic E-state index is 0.481. The number of benzene rings is 1. The molecule has 104 valence electrons. The first-order valence-corrected chi connectivity index (χ1v) is 6.72. The summed E-state index contributed by atoms with van der Waals surface area (Å²) in [6, 6.07) is 4.24. The number of hydrogen-bond donors (Lipinski definition) is 1. The van der Waals surface area contributed by atoms with Gasteiger partial charge in [0, 0.05) is 6.04 Å². The summed E-state index contributed by atoms with van der Waals surface area (Å²) < 4.78 is 10.8. The monoisotopic (exact) mass is 263 g/mol. The van der Waals surface area contributed by atoms with Crippen molar-refractivity contribution in [3.8, 4) is 11.5 Å². The molecule has 0 radical (unpaired) electrons. The molecule has 4 nitrogen and oxygen atoms in total. The number of rotatable bonds is 5. The lowest BCUT2D eigenvalue weighted by atomic mass is 9.96. The summed E-state index contributed by atoms with van der Waals surface area (Å²) in [5.74, 6) is 1.21. The van der Waals surface area contributed by atoms with E-state index in [1.807, 2.05) is 6.07 Å². The van der Waals surface area contributed by atoms with Crippen molar-refractivity contribution < 1.29 is 14.3 Å². The van der Waals surface area contributed by atoms with Crippen molar-refractivity contribution in [2.24, 2.45) is 0 Å². The van der Waals surface area contributed by atoms with Crippen LogP contribution >= 0.6 is 0 Å². The van der Waals surface area contributed by atoms with Crippen LogP contribution in [0.3, 0.4) is 0 Å². The van der Waals surface area contributed by atoms with Crippen molar-refractivity contribution in [3.63, 3.8) is 0 Å². The van der Waals surface area contributed by atoms with E-state index < -0.39 is 0 Å². The zero-order valence-corrected chi connectivity index (χ0v) is 11.6. The second kappa shape index (κ2) is 6.57. The highest BCUT2D eigenvalue weighted by Gasteiger charge is 2.19. The summed E-state index contributed by atoms with van der Waals surface area (Å²) in [7, 11) is 3.18. The van der Waals surface area contributed by atoms with Gasteiger partial charge in [0.15, 0.2) is 17.8 Å². The smallest absolute Gasteiger partial charge is 0.171 e. The van der Waals surface area contributed by atoms with Crippen molar-refractivity contribution in [1.82, 2.24) is 5.32 Å². The average Bonchev–Trinajstić information content (AvgIpc) is 2.47. The van der Waals surface area contributed by atoms with Crippen molar-refractivity contribution in [2.45, 2.75) is 31.7 Å². The van der Waals surface area contributed by atoms with Crippen LogP contribution in [0.25, 0.3) is 0 Å². The van der Waals surface area contributed by atoms with Gasteiger partial charge in [-0.05, 0) is 37.4 Å². The quantitative estimate of drug-likeness (QED) is 0.827. The van der Waals surface area contributed by atoms with Gasteiger partial charge in [-0.25, -0.2) is 0 Å².